The normalized spacial score (nSPS) is 10.9. The van der Waals surface area contributed by atoms with Crippen molar-refractivity contribution in [3.63, 3.8) is 0 Å². The Balaban J connectivity index is 1.60. The molecule has 8 heteroatoms. The maximum Gasteiger partial charge on any atom is 0.208 e. The predicted octanol–water partition coefficient (Wildman–Crippen LogP) is 4.91. The highest BCUT2D eigenvalue weighted by Crippen LogP contribution is 2.29. The van der Waals surface area contributed by atoms with Crippen LogP contribution >= 0.6 is 0 Å². The molecule has 2 heterocycles. The van der Waals surface area contributed by atoms with Gasteiger partial charge in [0.25, 0.3) is 0 Å². The molecular formula is C22H18F2N4O2. The number of pyridine rings is 1. The molecule has 0 aliphatic rings. The molecule has 0 saturated heterocycles. The summed E-state index contributed by atoms with van der Waals surface area (Å²) in [5.74, 6) is 0.214. The van der Waals surface area contributed by atoms with Gasteiger partial charge in [0.1, 0.15) is 28.9 Å². The van der Waals surface area contributed by atoms with E-state index in [1.165, 1.54) is 19.1 Å². The lowest BCUT2D eigenvalue weighted by atomic mass is 10.2. The molecule has 152 valence electrons. The molecule has 2 aromatic heterocycles. The summed E-state index contributed by atoms with van der Waals surface area (Å²) in [6, 6.07) is 12.1. The molecule has 0 fully saturated rings. The van der Waals surface area contributed by atoms with Gasteiger partial charge in [0.2, 0.25) is 5.95 Å². The number of benzene rings is 2. The molecule has 2 aromatic carbocycles. The lowest BCUT2D eigenvalue weighted by Crippen LogP contribution is -2.01. The van der Waals surface area contributed by atoms with Gasteiger partial charge in [-0.25, -0.2) is 13.8 Å². The smallest absolute Gasteiger partial charge is 0.208 e. The standard InChI is InChI=1S/C22H18F2N4O2/c1-13(29)9-15-11-17(7-8-25-15)30-16-4-6-20-21(12-16)28(2)22(27-20)26-19-5-3-14(23)10-18(19)24/h3-8,10-12H,9H2,1-2H3,(H,26,27). The van der Waals surface area contributed by atoms with Gasteiger partial charge in [-0.3, -0.25) is 9.78 Å². The van der Waals surface area contributed by atoms with Gasteiger partial charge in [-0.2, -0.15) is 0 Å². The van der Waals surface area contributed by atoms with Crippen molar-refractivity contribution in [2.24, 2.45) is 7.05 Å². The van der Waals surface area contributed by atoms with E-state index in [0.29, 0.717) is 28.7 Å². The average Bonchev–Trinajstić information content (AvgIpc) is 2.99. The van der Waals surface area contributed by atoms with Crippen LogP contribution in [0.2, 0.25) is 0 Å². The van der Waals surface area contributed by atoms with Gasteiger partial charge in [0.05, 0.1) is 22.4 Å². The number of carbonyl (C=O) groups is 1. The Morgan fingerprint density at radius 2 is 1.90 bits per heavy atom. The van der Waals surface area contributed by atoms with Gasteiger partial charge in [0.15, 0.2) is 0 Å². The first-order valence-electron chi connectivity index (χ1n) is 9.20. The van der Waals surface area contributed by atoms with Crippen LogP contribution in [0.15, 0.2) is 54.7 Å². The van der Waals surface area contributed by atoms with Crippen LogP contribution in [-0.2, 0) is 18.3 Å². The third-order valence-electron chi connectivity index (χ3n) is 4.48. The number of Topliss-reactive ketones (excluding diaryl/α,β-unsaturated/α-hetero) is 1. The molecule has 0 saturated carbocycles. The second kappa shape index (κ2) is 7.90. The van der Waals surface area contributed by atoms with Crippen LogP contribution in [-0.4, -0.2) is 20.3 Å². The van der Waals surface area contributed by atoms with Gasteiger partial charge in [-0.1, -0.05) is 0 Å². The molecule has 0 radical (unpaired) electrons. The van der Waals surface area contributed by atoms with Crippen molar-refractivity contribution in [1.29, 1.82) is 0 Å². The van der Waals surface area contributed by atoms with Gasteiger partial charge in [-0.15, -0.1) is 0 Å². The number of fused-ring (bicyclic) bond motifs is 1. The molecule has 0 bridgehead atoms. The third kappa shape index (κ3) is 4.12. The van der Waals surface area contributed by atoms with Crippen LogP contribution < -0.4 is 10.1 Å². The minimum absolute atomic E-state index is 0.0218. The zero-order valence-electron chi connectivity index (χ0n) is 16.3. The SMILES string of the molecule is CC(=O)Cc1cc(Oc2ccc3nc(Nc4ccc(F)cc4F)n(C)c3c2)ccn1. The number of nitrogens with one attached hydrogen (secondary N) is 1. The number of rotatable bonds is 6. The molecular weight excluding hydrogens is 390 g/mol. The van der Waals surface area contributed by atoms with Crippen LogP contribution in [0.4, 0.5) is 20.4 Å². The monoisotopic (exact) mass is 408 g/mol. The van der Waals surface area contributed by atoms with E-state index >= 15 is 0 Å². The van der Waals surface area contributed by atoms with E-state index in [2.05, 4.69) is 15.3 Å². The van der Waals surface area contributed by atoms with Crippen molar-refractivity contribution >= 4 is 28.5 Å². The molecule has 6 nitrogen and oxygen atoms in total. The minimum Gasteiger partial charge on any atom is -0.457 e. The molecule has 30 heavy (non-hydrogen) atoms. The van der Waals surface area contributed by atoms with Crippen molar-refractivity contribution in [3.05, 3.63) is 72.1 Å². The summed E-state index contributed by atoms with van der Waals surface area (Å²) in [6.45, 7) is 1.51. The molecule has 0 amide bonds. The van der Waals surface area contributed by atoms with Gasteiger partial charge < -0.3 is 14.6 Å². The lowest BCUT2D eigenvalue weighted by molar-refractivity contribution is -0.116. The molecule has 0 unspecified atom stereocenters. The van der Waals surface area contributed by atoms with E-state index in [1.54, 1.807) is 48.1 Å². The summed E-state index contributed by atoms with van der Waals surface area (Å²) >= 11 is 0. The van der Waals surface area contributed by atoms with E-state index in [-0.39, 0.29) is 17.9 Å². The summed E-state index contributed by atoms with van der Waals surface area (Å²) in [4.78, 5) is 19.9. The number of imidazole rings is 1. The van der Waals surface area contributed by atoms with E-state index in [1.807, 2.05) is 0 Å². The number of aromatic nitrogens is 3. The van der Waals surface area contributed by atoms with Crippen LogP contribution in [0.3, 0.4) is 0 Å². The first kappa shape index (κ1) is 19.5. The third-order valence-corrected chi connectivity index (χ3v) is 4.48. The summed E-state index contributed by atoms with van der Waals surface area (Å²) in [5, 5.41) is 2.88. The molecule has 1 N–H and O–H groups in total. The highest BCUT2D eigenvalue weighted by Gasteiger charge is 2.12. The number of nitrogens with zero attached hydrogens (tertiary/aromatic N) is 3. The molecule has 4 rings (SSSR count). The fourth-order valence-electron chi connectivity index (χ4n) is 3.06. The number of ketones is 1. The Morgan fingerprint density at radius 1 is 1.10 bits per heavy atom. The van der Waals surface area contributed by atoms with Crippen molar-refractivity contribution in [1.82, 2.24) is 14.5 Å². The molecule has 4 aromatic rings. The van der Waals surface area contributed by atoms with Gasteiger partial charge in [-0.05, 0) is 37.3 Å². The van der Waals surface area contributed by atoms with Crippen LogP contribution in [0.5, 0.6) is 11.5 Å². The maximum atomic E-state index is 14.0. The van der Waals surface area contributed by atoms with Crippen LogP contribution in [0.1, 0.15) is 12.6 Å². The lowest BCUT2D eigenvalue weighted by Gasteiger charge is -2.08. The Morgan fingerprint density at radius 3 is 2.67 bits per heavy atom. The first-order valence-corrected chi connectivity index (χ1v) is 9.20. The second-order valence-corrected chi connectivity index (χ2v) is 6.86. The zero-order chi connectivity index (χ0) is 21.3. The van der Waals surface area contributed by atoms with Crippen LogP contribution in [0.25, 0.3) is 11.0 Å². The van der Waals surface area contributed by atoms with E-state index in [4.69, 9.17) is 4.74 Å². The molecule has 0 aliphatic heterocycles. The quantitative estimate of drug-likeness (QED) is 0.491. The Bertz CT molecular complexity index is 1250. The summed E-state index contributed by atoms with van der Waals surface area (Å²) in [6.07, 6.45) is 1.84. The number of halogens is 2. The number of hydrogen-bond donors (Lipinski definition) is 1. The number of ether oxygens (including phenoxy) is 1. The Labute approximate surface area is 171 Å². The topological polar surface area (TPSA) is 69.0 Å². The highest BCUT2D eigenvalue weighted by molar-refractivity contribution is 5.81. The fraction of sp³-hybridized carbons (Fsp3) is 0.136. The number of aryl methyl sites for hydroxylation is 1. The Hall–Kier alpha value is -3.81. The van der Waals surface area contributed by atoms with Crippen molar-refractivity contribution in [2.75, 3.05) is 5.32 Å². The van der Waals surface area contributed by atoms with E-state index in [9.17, 15) is 13.6 Å². The highest BCUT2D eigenvalue weighted by atomic mass is 19.1. The molecule has 0 aliphatic carbocycles. The van der Waals surface area contributed by atoms with Gasteiger partial charge >= 0.3 is 0 Å². The average molecular weight is 408 g/mol. The fourth-order valence-corrected chi connectivity index (χ4v) is 3.06. The molecule has 0 atom stereocenters. The summed E-state index contributed by atoms with van der Waals surface area (Å²) in [5.41, 5.74) is 2.20. The van der Waals surface area contributed by atoms with E-state index < -0.39 is 11.6 Å². The number of hydrogen-bond acceptors (Lipinski definition) is 5. The zero-order valence-corrected chi connectivity index (χ0v) is 16.3. The summed E-state index contributed by atoms with van der Waals surface area (Å²) in [7, 11) is 1.78. The number of anilines is 2. The number of carbonyl (C=O) groups excluding carboxylic acids is 1. The van der Waals surface area contributed by atoms with E-state index in [0.717, 1.165) is 11.6 Å². The largest absolute Gasteiger partial charge is 0.457 e. The first-order chi connectivity index (χ1) is 14.4. The Kier molecular flexibility index (Phi) is 5.14. The predicted molar refractivity (Wildman–Crippen MR) is 109 cm³/mol. The van der Waals surface area contributed by atoms with Gasteiger partial charge in [0, 0.05) is 37.9 Å². The van der Waals surface area contributed by atoms with Crippen molar-refractivity contribution in [3.8, 4) is 11.5 Å². The molecule has 0 spiro atoms. The van der Waals surface area contributed by atoms with Crippen molar-refractivity contribution in [2.45, 2.75) is 13.3 Å². The second-order valence-electron chi connectivity index (χ2n) is 6.86. The summed E-state index contributed by atoms with van der Waals surface area (Å²) < 4.78 is 34.7. The maximum absolute atomic E-state index is 14.0. The van der Waals surface area contributed by atoms with Crippen LogP contribution in [0, 0.1) is 11.6 Å². The minimum atomic E-state index is -0.704. The van der Waals surface area contributed by atoms with Crippen molar-refractivity contribution < 1.29 is 18.3 Å².